The fourth-order valence-electron chi connectivity index (χ4n) is 4.13. The summed E-state index contributed by atoms with van der Waals surface area (Å²) in [7, 11) is 3.34. The first kappa shape index (κ1) is 16.3. The number of carbonyl (C=O) groups is 1. The van der Waals surface area contributed by atoms with E-state index in [1.54, 1.807) is 14.2 Å². The van der Waals surface area contributed by atoms with Gasteiger partial charge in [0.25, 0.3) is 0 Å². The summed E-state index contributed by atoms with van der Waals surface area (Å²) in [6, 6.07) is 4.38. The van der Waals surface area contributed by atoms with Gasteiger partial charge in [-0.3, -0.25) is 9.69 Å². The van der Waals surface area contributed by atoms with Crippen LogP contribution in [0.2, 0.25) is 0 Å². The van der Waals surface area contributed by atoms with Gasteiger partial charge in [-0.15, -0.1) is 0 Å². The van der Waals surface area contributed by atoms with Crippen LogP contribution in [0, 0.1) is 11.8 Å². The molecular formula is C19H27NO3. The van der Waals surface area contributed by atoms with Gasteiger partial charge in [-0.05, 0) is 42.0 Å². The second-order valence-corrected chi connectivity index (χ2v) is 7.09. The molecule has 0 saturated carbocycles. The smallest absolute Gasteiger partial charge is 0.161 e. The normalized spacial score (nSPS) is 24.3. The molecule has 1 fully saturated rings. The Kier molecular flexibility index (Phi) is 4.62. The van der Waals surface area contributed by atoms with E-state index in [2.05, 4.69) is 30.9 Å². The molecule has 3 rings (SSSR count). The van der Waals surface area contributed by atoms with Crippen molar-refractivity contribution in [1.29, 1.82) is 0 Å². The molecule has 1 aromatic rings. The van der Waals surface area contributed by atoms with Crippen LogP contribution in [0.5, 0.6) is 11.5 Å². The van der Waals surface area contributed by atoms with Gasteiger partial charge in [0.15, 0.2) is 11.5 Å². The van der Waals surface area contributed by atoms with Gasteiger partial charge in [0.1, 0.15) is 5.78 Å². The average Bonchev–Trinajstić information content (AvgIpc) is 2.55. The fourth-order valence-corrected chi connectivity index (χ4v) is 4.13. The zero-order valence-corrected chi connectivity index (χ0v) is 14.6. The van der Waals surface area contributed by atoms with Gasteiger partial charge < -0.3 is 9.47 Å². The Hall–Kier alpha value is -1.55. The van der Waals surface area contributed by atoms with Crippen molar-refractivity contribution >= 4 is 5.78 Å². The van der Waals surface area contributed by atoms with Crippen molar-refractivity contribution in [3.63, 3.8) is 0 Å². The van der Waals surface area contributed by atoms with E-state index in [-0.39, 0.29) is 12.0 Å². The predicted octanol–water partition coefficient (Wildman–Crippen LogP) is 3.24. The summed E-state index contributed by atoms with van der Waals surface area (Å²) in [5, 5.41) is 0. The molecule has 0 aliphatic carbocycles. The SMILES string of the molecule is COc1cc2c(cc1OC)[C@H]1[C@@H](CC(C)C)C(=O)CCN1CC2. The van der Waals surface area contributed by atoms with Crippen LogP contribution in [-0.2, 0) is 11.2 Å². The van der Waals surface area contributed by atoms with E-state index < -0.39 is 0 Å². The van der Waals surface area contributed by atoms with Crippen molar-refractivity contribution in [3.8, 4) is 11.5 Å². The van der Waals surface area contributed by atoms with E-state index in [0.29, 0.717) is 18.1 Å². The van der Waals surface area contributed by atoms with E-state index in [9.17, 15) is 4.79 Å². The van der Waals surface area contributed by atoms with Crippen LogP contribution in [0.3, 0.4) is 0 Å². The van der Waals surface area contributed by atoms with Gasteiger partial charge in [-0.2, -0.15) is 0 Å². The Morgan fingerprint density at radius 2 is 1.78 bits per heavy atom. The van der Waals surface area contributed by atoms with Gasteiger partial charge in [0.05, 0.1) is 14.2 Å². The van der Waals surface area contributed by atoms with Crippen LogP contribution in [0.1, 0.15) is 43.9 Å². The number of carbonyl (C=O) groups excluding carboxylic acids is 1. The number of Topliss-reactive ketones (excluding diaryl/α,β-unsaturated/α-hetero) is 1. The highest BCUT2D eigenvalue weighted by atomic mass is 16.5. The highest BCUT2D eigenvalue weighted by molar-refractivity contribution is 5.83. The monoisotopic (exact) mass is 317 g/mol. The topological polar surface area (TPSA) is 38.8 Å². The number of piperidine rings is 1. The first-order valence-electron chi connectivity index (χ1n) is 8.56. The molecule has 2 aliphatic rings. The van der Waals surface area contributed by atoms with Crippen LogP contribution in [-0.4, -0.2) is 38.0 Å². The van der Waals surface area contributed by atoms with Gasteiger partial charge in [0, 0.05) is 31.5 Å². The van der Waals surface area contributed by atoms with Crippen LogP contribution in [0.4, 0.5) is 0 Å². The van der Waals surface area contributed by atoms with E-state index in [1.165, 1.54) is 11.1 Å². The molecule has 0 radical (unpaired) electrons. The third-order valence-electron chi connectivity index (χ3n) is 5.19. The lowest BCUT2D eigenvalue weighted by Crippen LogP contribution is -2.47. The maximum absolute atomic E-state index is 12.6. The van der Waals surface area contributed by atoms with Crippen molar-refractivity contribution in [3.05, 3.63) is 23.3 Å². The Labute approximate surface area is 138 Å². The van der Waals surface area contributed by atoms with Crippen LogP contribution < -0.4 is 9.47 Å². The van der Waals surface area contributed by atoms with Crippen LogP contribution in [0.15, 0.2) is 12.1 Å². The molecule has 0 spiro atoms. The number of methoxy groups -OCH3 is 2. The van der Waals surface area contributed by atoms with Crippen molar-refractivity contribution in [2.75, 3.05) is 27.3 Å². The minimum Gasteiger partial charge on any atom is -0.493 e. The molecular weight excluding hydrogens is 290 g/mol. The van der Waals surface area contributed by atoms with Gasteiger partial charge >= 0.3 is 0 Å². The summed E-state index contributed by atoms with van der Waals surface area (Å²) in [5.41, 5.74) is 2.56. The van der Waals surface area contributed by atoms with Gasteiger partial charge in [0.2, 0.25) is 0 Å². The molecule has 1 aromatic carbocycles. The predicted molar refractivity (Wildman–Crippen MR) is 90.1 cm³/mol. The molecule has 0 unspecified atom stereocenters. The number of benzene rings is 1. The summed E-state index contributed by atoms with van der Waals surface area (Å²) in [6.45, 7) is 6.30. The Balaban J connectivity index is 2.05. The van der Waals surface area contributed by atoms with Crippen LogP contribution in [0.25, 0.3) is 0 Å². The minimum atomic E-state index is 0.0981. The summed E-state index contributed by atoms with van der Waals surface area (Å²) >= 11 is 0. The molecule has 0 aromatic heterocycles. The van der Waals surface area contributed by atoms with Gasteiger partial charge in [-0.1, -0.05) is 13.8 Å². The first-order chi connectivity index (χ1) is 11.0. The van der Waals surface area contributed by atoms with Crippen molar-refractivity contribution < 1.29 is 14.3 Å². The highest BCUT2D eigenvalue weighted by Gasteiger charge is 2.41. The molecule has 23 heavy (non-hydrogen) atoms. The second kappa shape index (κ2) is 6.52. The number of ether oxygens (including phenoxy) is 2. The van der Waals surface area contributed by atoms with E-state index in [0.717, 1.165) is 37.4 Å². The second-order valence-electron chi connectivity index (χ2n) is 7.09. The number of ketones is 1. The molecule has 2 heterocycles. The third kappa shape index (κ3) is 2.97. The van der Waals surface area contributed by atoms with Crippen LogP contribution >= 0.6 is 0 Å². The van der Waals surface area contributed by atoms with E-state index in [4.69, 9.17) is 9.47 Å². The molecule has 126 valence electrons. The lowest BCUT2D eigenvalue weighted by Gasteiger charge is -2.45. The highest BCUT2D eigenvalue weighted by Crippen LogP contribution is 2.44. The fraction of sp³-hybridized carbons (Fsp3) is 0.632. The molecule has 2 aliphatic heterocycles. The summed E-state index contributed by atoms with van der Waals surface area (Å²) < 4.78 is 10.9. The first-order valence-corrected chi connectivity index (χ1v) is 8.56. The minimum absolute atomic E-state index is 0.0981. The number of hydrogen-bond donors (Lipinski definition) is 0. The molecule has 0 bridgehead atoms. The molecule has 4 heteroatoms. The molecule has 0 N–H and O–H groups in total. The number of rotatable bonds is 4. The lowest BCUT2D eigenvalue weighted by molar-refractivity contribution is -0.130. The third-order valence-corrected chi connectivity index (χ3v) is 5.19. The zero-order chi connectivity index (χ0) is 16.6. The summed E-state index contributed by atoms with van der Waals surface area (Å²) in [5.74, 6) is 2.58. The largest absolute Gasteiger partial charge is 0.493 e. The molecule has 1 saturated heterocycles. The average molecular weight is 317 g/mol. The lowest BCUT2D eigenvalue weighted by atomic mass is 9.75. The summed E-state index contributed by atoms with van der Waals surface area (Å²) in [6.07, 6.45) is 2.65. The maximum Gasteiger partial charge on any atom is 0.161 e. The Morgan fingerprint density at radius 3 is 2.43 bits per heavy atom. The van der Waals surface area contributed by atoms with Crippen molar-refractivity contribution in [2.24, 2.45) is 11.8 Å². The van der Waals surface area contributed by atoms with Crippen molar-refractivity contribution in [1.82, 2.24) is 4.90 Å². The van der Waals surface area contributed by atoms with E-state index in [1.807, 2.05) is 0 Å². The quantitative estimate of drug-likeness (QED) is 0.854. The number of nitrogens with zero attached hydrogens (tertiary/aromatic N) is 1. The number of hydrogen-bond acceptors (Lipinski definition) is 4. The van der Waals surface area contributed by atoms with Crippen molar-refractivity contribution in [2.45, 2.75) is 39.2 Å². The number of fused-ring (bicyclic) bond motifs is 3. The molecule has 2 atom stereocenters. The standard InChI is InChI=1S/C19H27NO3/c1-12(2)9-15-16(21)6-8-20-7-5-13-10-17(22-3)18(23-4)11-14(13)19(15)20/h10-12,15,19H,5-9H2,1-4H3/t15-,19-/m0/s1. The Bertz CT molecular complexity index is 597. The molecule has 4 nitrogen and oxygen atoms in total. The molecule has 0 amide bonds. The maximum atomic E-state index is 12.6. The van der Waals surface area contributed by atoms with E-state index >= 15 is 0 Å². The summed E-state index contributed by atoms with van der Waals surface area (Å²) in [4.78, 5) is 15.1. The van der Waals surface area contributed by atoms with Gasteiger partial charge in [-0.25, -0.2) is 0 Å². The Morgan fingerprint density at radius 1 is 1.13 bits per heavy atom. The zero-order valence-electron chi connectivity index (χ0n) is 14.6.